The standard InChI is InChI=1S/C15H10ClFN2O3S/c1-22-13(11-3-2-4-23-11)12-7-5-9(17)8(16)6-10(7)19(14(12)20)15(18)21/h2-6H,1H3,(H2,18,21). The lowest BCUT2D eigenvalue weighted by Gasteiger charge is -2.11. The molecule has 0 saturated carbocycles. The SMILES string of the molecule is COC(=C1C(=O)N(C(N)=O)c2cc(Cl)c(F)cc21)c1cccs1. The van der Waals surface area contributed by atoms with Crippen LogP contribution in [0.5, 0.6) is 0 Å². The van der Waals surface area contributed by atoms with E-state index in [2.05, 4.69) is 0 Å². The number of carbonyl (C=O) groups is 2. The van der Waals surface area contributed by atoms with Gasteiger partial charge in [-0.05, 0) is 23.6 Å². The number of hydrogen-bond acceptors (Lipinski definition) is 4. The fourth-order valence-electron chi connectivity index (χ4n) is 2.43. The molecule has 0 saturated heterocycles. The highest BCUT2D eigenvalue weighted by atomic mass is 35.5. The number of fused-ring (bicyclic) bond motifs is 1. The smallest absolute Gasteiger partial charge is 0.326 e. The zero-order chi connectivity index (χ0) is 16.7. The van der Waals surface area contributed by atoms with E-state index in [-0.39, 0.29) is 27.6 Å². The predicted molar refractivity (Wildman–Crippen MR) is 86.6 cm³/mol. The average molecular weight is 353 g/mol. The molecular formula is C15H10ClFN2O3S. The number of carbonyl (C=O) groups excluding carboxylic acids is 2. The zero-order valence-corrected chi connectivity index (χ0v) is 13.4. The van der Waals surface area contributed by atoms with Gasteiger partial charge in [-0.15, -0.1) is 11.3 Å². The molecule has 0 spiro atoms. The number of primary amides is 1. The second-order valence-electron chi connectivity index (χ2n) is 4.65. The van der Waals surface area contributed by atoms with Crippen LogP contribution in [0.15, 0.2) is 29.6 Å². The van der Waals surface area contributed by atoms with Gasteiger partial charge < -0.3 is 10.5 Å². The number of ether oxygens (including phenoxy) is 1. The molecule has 8 heteroatoms. The lowest BCUT2D eigenvalue weighted by atomic mass is 10.0. The van der Waals surface area contributed by atoms with Crippen LogP contribution < -0.4 is 10.6 Å². The van der Waals surface area contributed by atoms with Crippen molar-refractivity contribution in [2.45, 2.75) is 0 Å². The van der Waals surface area contributed by atoms with Crippen molar-refractivity contribution in [3.8, 4) is 0 Å². The van der Waals surface area contributed by atoms with Gasteiger partial charge in [0.15, 0.2) is 0 Å². The number of urea groups is 1. The normalized spacial score (nSPS) is 15.6. The third kappa shape index (κ3) is 2.38. The summed E-state index contributed by atoms with van der Waals surface area (Å²) in [6.45, 7) is 0. The summed E-state index contributed by atoms with van der Waals surface area (Å²) in [6.07, 6.45) is 0. The molecule has 1 aromatic heterocycles. The number of thiophene rings is 1. The van der Waals surface area contributed by atoms with Crippen LogP contribution >= 0.6 is 22.9 Å². The van der Waals surface area contributed by atoms with E-state index in [1.807, 2.05) is 5.38 Å². The maximum Gasteiger partial charge on any atom is 0.326 e. The quantitative estimate of drug-likeness (QED) is 0.664. The van der Waals surface area contributed by atoms with Crippen LogP contribution in [-0.2, 0) is 9.53 Å². The van der Waals surface area contributed by atoms with Gasteiger partial charge in [-0.2, -0.15) is 0 Å². The van der Waals surface area contributed by atoms with Gasteiger partial charge in [0, 0.05) is 5.56 Å². The van der Waals surface area contributed by atoms with Crippen molar-refractivity contribution >= 4 is 51.9 Å². The van der Waals surface area contributed by atoms with Crippen molar-refractivity contribution < 1.29 is 18.7 Å². The molecule has 0 atom stereocenters. The number of amides is 3. The topological polar surface area (TPSA) is 72.6 Å². The number of hydrogen-bond donors (Lipinski definition) is 1. The first-order valence-corrected chi connectivity index (χ1v) is 7.67. The van der Waals surface area contributed by atoms with Crippen LogP contribution in [0.4, 0.5) is 14.9 Å². The van der Waals surface area contributed by atoms with Gasteiger partial charge in [-0.3, -0.25) is 4.79 Å². The summed E-state index contributed by atoms with van der Waals surface area (Å²) in [5, 5.41) is 1.60. The maximum atomic E-state index is 13.9. The van der Waals surface area contributed by atoms with Crippen molar-refractivity contribution in [2.75, 3.05) is 12.0 Å². The maximum absolute atomic E-state index is 13.9. The van der Waals surface area contributed by atoms with Crippen LogP contribution in [0.25, 0.3) is 11.3 Å². The third-order valence-corrected chi connectivity index (χ3v) is 4.52. The third-order valence-electron chi connectivity index (χ3n) is 3.36. The second kappa shape index (κ2) is 5.68. The number of nitrogens with zero attached hydrogens (tertiary/aromatic N) is 1. The number of rotatable bonds is 2. The number of anilines is 1. The summed E-state index contributed by atoms with van der Waals surface area (Å²) in [6, 6.07) is 4.86. The summed E-state index contributed by atoms with van der Waals surface area (Å²) in [5.74, 6) is -1.14. The number of methoxy groups -OCH3 is 1. The number of halogens is 2. The van der Waals surface area contributed by atoms with E-state index < -0.39 is 17.8 Å². The molecule has 2 aromatic rings. The monoisotopic (exact) mass is 352 g/mol. The Morgan fingerprint density at radius 2 is 2.17 bits per heavy atom. The molecule has 1 aliphatic heterocycles. The molecule has 3 rings (SSSR count). The highest BCUT2D eigenvalue weighted by Crippen LogP contribution is 2.43. The lowest BCUT2D eigenvalue weighted by molar-refractivity contribution is -0.112. The molecule has 118 valence electrons. The highest BCUT2D eigenvalue weighted by molar-refractivity contribution is 7.11. The van der Waals surface area contributed by atoms with Crippen molar-refractivity contribution in [1.82, 2.24) is 0 Å². The molecule has 2 heterocycles. The van der Waals surface area contributed by atoms with Gasteiger partial charge in [-0.25, -0.2) is 14.1 Å². The summed E-state index contributed by atoms with van der Waals surface area (Å²) in [5.41, 5.74) is 5.69. The van der Waals surface area contributed by atoms with Crippen molar-refractivity contribution in [1.29, 1.82) is 0 Å². The molecule has 0 radical (unpaired) electrons. The van der Waals surface area contributed by atoms with E-state index >= 15 is 0 Å². The summed E-state index contributed by atoms with van der Waals surface area (Å²) in [7, 11) is 1.40. The highest BCUT2D eigenvalue weighted by Gasteiger charge is 2.39. The molecule has 23 heavy (non-hydrogen) atoms. The van der Waals surface area contributed by atoms with E-state index in [1.165, 1.54) is 24.5 Å². The van der Waals surface area contributed by atoms with Gasteiger partial charge in [0.1, 0.15) is 11.6 Å². The van der Waals surface area contributed by atoms with Crippen LogP contribution in [0, 0.1) is 5.82 Å². The average Bonchev–Trinajstić information content (AvgIpc) is 3.09. The van der Waals surface area contributed by atoms with E-state index in [0.717, 1.165) is 11.0 Å². The van der Waals surface area contributed by atoms with Gasteiger partial charge in [0.25, 0.3) is 5.91 Å². The summed E-state index contributed by atoms with van der Waals surface area (Å²) < 4.78 is 19.2. The minimum absolute atomic E-state index is 0.0688. The molecule has 0 bridgehead atoms. The molecular weight excluding hydrogens is 343 g/mol. The second-order valence-corrected chi connectivity index (χ2v) is 6.00. The minimum atomic E-state index is -0.976. The van der Waals surface area contributed by atoms with Crippen molar-refractivity contribution in [2.24, 2.45) is 5.73 Å². The van der Waals surface area contributed by atoms with Crippen molar-refractivity contribution in [3.05, 3.63) is 50.9 Å². The number of imide groups is 1. The van der Waals surface area contributed by atoms with E-state index in [9.17, 15) is 14.0 Å². The van der Waals surface area contributed by atoms with E-state index in [4.69, 9.17) is 22.1 Å². The molecule has 0 unspecified atom stereocenters. The fourth-order valence-corrected chi connectivity index (χ4v) is 3.34. The van der Waals surface area contributed by atoms with Crippen LogP contribution in [0.2, 0.25) is 5.02 Å². The van der Waals surface area contributed by atoms with Crippen LogP contribution in [-0.4, -0.2) is 19.0 Å². The number of benzene rings is 1. The molecule has 1 aliphatic rings. The molecule has 0 fully saturated rings. The molecule has 5 nitrogen and oxygen atoms in total. The molecule has 1 aromatic carbocycles. The van der Waals surface area contributed by atoms with Gasteiger partial charge in [-0.1, -0.05) is 17.7 Å². The molecule has 2 N–H and O–H groups in total. The Morgan fingerprint density at radius 1 is 1.43 bits per heavy atom. The first-order chi connectivity index (χ1) is 11.0. The van der Waals surface area contributed by atoms with Gasteiger partial charge in [0.2, 0.25) is 0 Å². The van der Waals surface area contributed by atoms with E-state index in [1.54, 1.807) is 12.1 Å². The van der Waals surface area contributed by atoms with Crippen LogP contribution in [0.1, 0.15) is 10.4 Å². The first kappa shape index (κ1) is 15.5. The molecule has 0 aliphatic carbocycles. The minimum Gasteiger partial charge on any atom is -0.494 e. The Bertz CT molecular complexity index is 849. The van der Waals surface area contributed by atoms with Crippen molar-refractivity contribution in [3.63, 3.8) is 0 Å². The molecule has 3 amide bonds. The summed E-state index contributed by atoms with van der Waals surface area (Å²) >= 11 is 7.11. The lowest BCUT2D eigenvalue weighted by Crippen LogP contribution is -2.38. The largest absolute Gasteiger partial charge is 0.494 e. The van der Waals surface area contributed by atoms with E-state index in [0.29, 0.717) is 4.88 Å². The summed E-state index contributed by atoms with van der Waals surface area (Å²) in [4.78, 5) is 25.7. The Morgan fingerprint density at radius 3 is 2.74 bits per heavy atom. The fraction of sp³-hybridized carbons (Fsp3) is 0.0667. The van der Waals surface area contributed by atoms with Gasteiger partial charge >= 0.3 is 6.03 Å². The first-order valence-electron chi connectivity index (χ1n) is 6.41. The zero-order valence-electron chi connectivity index (χ0n) is 11.8. The number of nitrogens with two attached hydrogens (primary N) is 1. The Hall–Kier alpha value is -2.38. The van der Waals surface area contributed by atoms with Gasteiger partial charge in [0.05, 0.1) is 28.3 Å². The predicted octanol–water partition coefficient (Wildman–Crippen LogP) is 3.48. The van der Waals surface area contributed by atoms with Crippen LogP contribution in [0.3, 0.4) is 0 Å². The Kier molecular flexibility index (Phi) is 3.83. The Balaban J connectivity index is 2.34. The Labute approximate surface area is 139 Å².